The Bertz CT molecular complexity index is 713. The molecule has 0 saturated carbocycles. The van der Waals surface area contributed by atoms with Gasteiger partial charge in [-0.25, -0.2) is 4.79 Å². The molecule has 0 amide bonds. The highest BCUT2D eigenvalue weighted by Crippen LogP contribution is 2.23. The Morgan fingerprint density at radius 1 is 1.18 bits per heavy atom. The van der Waals surface area contributed by atoms with E-state index in [0.29, 0.717) is 15.1 Å². The van der Waals surface area contributed by atoms with Crippen LogP contribution in [0.5, 0.6) is 5.75 Å². The van der Waals surface area contributed by atoms with Crippen LogP contribution in [0.15, 0.2) is 46.9 Å². The number of esters is 1. The second-order valence-corrected chi connectivity index (χ2v) is 5.93. The SMILES string of the molecule is C[C@@H](OC(=O)c1cc(Br)ccc1O)C(=O)c1ccc(Cl)cc1. The molecule has 2 aromatic carbocycles. The monoisotopic (exact) mass is 382 g/mol. The first-order chi connectivity index (χ1) is 10.4. The van der Waals surface area contributed by atoms with Crippen molar-refractivity contribution < 1.29 is 19.4 Å². The third kappa shape index (κ3) is 3.87. The fourth-order valence-electron chi connectivity index (χ4n) is 1.80. The zero-order valence-electron chi connectivity index (χ0n) is 11.5. The molecule has 0 fully saturated rings. The lowest BCUT2D eigenvalue weighted by Crippen LogP contribution is -2.24. The summed E-state index contributed by atoms with van der Waals surface area (Å²) in [5.74, 6) is -1.33. The molecule has 0 radical (unpaired) electrons. The fourth-order valence-corrected chi connectivity index (χ4v) is 2.29. The Hall–Kier alpha value is -1.85. The molecular formula is C16H12BrClO4. The largest absolute Gasteiger partial charge is 0.507 e. The standard InChI is InChI=1S/C16H12BrClO4/c1-9(15(20)10-2-5-12(18)6-3-10)22-16(21)13-8-11(17)4-7-14(13)19/h2-9,19H,1H3/t9-/m1/s1. The molecule has 1 N–H and O–H groups in total. The highest BCUT2D eigenvalue weighted by molar-refractivity contribution is 9.10. The van der Waals surface area contributed by atoms with Gasteiger partial charge in [0.15, 0.2) is 6.10 Å². The van der Waals surface area contributed by atoms with Crippen molar-refractivity contribution in [3.05, 3.63) is 63.1 Å². The van der Waals surface area contributed by atoms with E-state index in [0.717, 1.165) is 0 Å². The Balaban J connectivity index is 2.12. The Morgan fingerprint density at radius 3 is 2.45 bits per heavy atom. The summed E-state index contributed by atoms with van der Waals surface area (Å²) in [5.41, 5.74) is 0.383. The molecule has 0 aliphatic rings. The number of hydrogen-bond acceptors (Lipinski definition) is 4. The first-order valence-electron chi connectivity index (χ1n) is 6.38. The molecule has 6 heteroatoms. The van der Waals surface area contributed by atoms with Gasteiger partial charge < -0.3 is 9.84 Å². The van der Waals surface area contributed by atoms with E-state index in [-0.39, 0.29) is 17.1 Å². The van der Waals surface area contributed by atoms with E-state index in [1.165, 1.54) is 19.1 Å². The molecule has 2 aromatic rings. The van der Waals surface area contributed by atoms with E-state index in [9.17, 15) is 14.7 Å². The number of halogens is 2. The van der Waals surface area contributed by atoms with Crippen molar-refractivity contribution in [1.29, 1.82) is 0 Å². The van der Waals surface area contributed by atoms with Gasteiger partial charge in [-0.2, -0.15) is 0 Å². The summed E-state index contributed by atoms with van der Waals surface area (Å²) in [6.07, 6.45) is -0.980. The third-order valence-electron chi connectivity index (χ3n) is 2.96. The molecule has 1 atom stereocenters. The van der Waals surface area contributed by atoms with Crippen molar-refractivity contribution in [2.75, 3.05) is 0 Å². The predicted molar refractivity (Wildman–Crippen MR) is 86.5 cm³/mol. The van der Waals surface area contributed by atoms with E-state index in [2.05, 4.69) is 15.9 Å². The van der Waals surface area contributed by atoms with Crippen LogP contribution in [0.25, 0.3) is 0 Å². The summed E-state index contributed by atoms with van der Waals surface area (Å²) >= 11 is 8.97. The molecule has 2 rings (SSSR count). The number of ketones is 1. The van der Waals surface area contributed by atoms with Gasteiger partial charge in [-0.15, -0.1) is 0 Å². The molecule has 0 spiro atoms. The number of phenols is 1. The number of aromatic hydroxyl groups is 1. The molecule has 0 heterocycles. The number of ether oxygens (including phenoxy) is 1. The van der Waals surface area contributed by atoms with Crippen molar-refractivity contribution in [3.63, 3.8) is 0 Å². The lowest BCUT2D eigenvalue weighted by molar-refractivity contribution is 0.0316. The Labute approximate surface area is 140 Å². The number of carbonyl (C=O) groups excluding carboxylic acids is 2. The molecule has 0 saturated heterocycles. The minimum Gasteiger partial charge on any atom is -0.507 e. The number of carbonyl (C=O) groups is 2. The van der Waals surface area contributed by atoms with Gasteiger partial charge >= 0.3 is 5.97 Å². The maximum Gasteiger partial charge on any atom is 0.342 e. The van der Waals surface area contributed by atoms with Crippen molar-refractivity contribution in [3.8, 4) is 5.75 Å². The normalized spacial score (nSPS) is 11.8. The zero-order valence-corrected chi connectivity index (χ0v) is 13.9. The summed E-state index contributed by atoms with van der Waals surface area (Å²) in [6.45, 7) is 1.48. The minimum absolute atomic E-state index is 0.00914. The minimum atomic E-state index is -0.980. The number of hydrogen-bond donors (Lipinski definition) is 1. The Morgan fingerprint density at radius 2 is 1.82 bits per heavy atom. The highest BCUT2D eigenvalue weighted by atomic mass is 79.9. The quantitative estimate of drug-likeness (QED) is 0.634. The van der Waals surface area contributed by atoms with Gasteiger partial charge in [0.05, 0.1) is 0 Å². The lowest BCUT2D eigenvalue weighted by atomic mass is 10.1. The van der Waals surface area contributed by atoms with Crippen LogP contribution >= 0.6 is 27.5 Å². The summed E-state index contributed by atoms with van der Waals surface area (Å²) in [5, 5.41) is 10.2. The van der Waals surface area contributed by atoms with E-state index in [4.69, 9.17) is 16.3 Å². The van der Waals surface area contributed by atoms with Crippen LogP contribution in [0.1, 0.15) is 27.6 Å². The average Bonchev–Trinajstić information content (AvgIpc) is 2.49. The lowest BCUT2D eigenvalue weighted by Gasteiger charge is -2.13. The third-order valence-corrected chi connectivity index (χ3v) is 3.71. The molecule has 4 nitrogen and oxygen atoms in total. The van der Waals surface area contributed by atoms with Crippen LogP contribution in [0.4, 0.5) is 0 Å². The molecule has 0 aliphatic carbocycles. The predicted octanol–water partition coefficient (Wildman–Crippen LogP) is 4.24. The van der Waals surface area contributed by atoms with Crippen LogP contribution in [0, 0.1) is 0 Å². The van der Waals surface area contributed by atoms with Crippen molar-refractivity contribution in [2.45, 2.75) is 13.0 Å². The van der Waals surface area contributed by atoms with Crippen molar-refractivity contribution in [2.24, 2.45) is 0 Å². The van der Waals surface area contributed by atoms with Crippen LogP contribution in [-0.2, 0) is 4.74 Å². The van der Waals surface area contributed by atoms with Crippen molar-refractivity contribution >= 4 is 39.3 Å². The topological polar surface area (TPSA) is 63.6 Å². The van der Waals surface area contributed by atoms with Crippen molar-refractivity contribution in [1.82, 2.24) is 0 Å². The second-order valence-electron chi connectivity index (χ2n) is 4.58. The number of Topliss-reactive ketones (excluding diaryl/α,β-unsaturated/α-hetero) is 1. The molecule has 0 aromatic heterocycles. The summed E-state index contributed by atoms with van der Waals surface area (Å²) in [7, 11) is 0. The molecule has 0 bridgehead atoms. The number of rotatable bonds is 4. The van der Waals surface area contributed by atoms with Gasteiger partial charge in [-0.3, -0.25) is 4.79 Å². The zero-order chi connectivity index (χ0) is 16.3. The maximum absolute atomic E-state index is 12.2. The van der Waals surface area contributed by atoms with Crippen LogP contribution in [0.3, 0.4) is 0 Å². The van der Waals surface area contributed by atoms with E-state index in [1.807, 2.05) is 0 Å². The smallest absolute Gasteiger partial charge is 0.342 e. The Kier molecular flexibility index (Phi) is 5.21. The van der Waals surface area contributed by atoms with E-state index < -0.39 is 12.1 Å². The van der Waals surface area contributed by atoms with Crippen LogP contribution in [0.2, 0.25) is 5.02 Å². The number of benzene rings is 2. The van der Waals surface area contributed by atoms with Crippen LogP contribution < -0.4 is 0 Å². The number of phenolic OH excluding ortho intramolecular Hbond substituents is 1. The molecule has 114 valence electrons. The van der Waals surface area contributed by atoms with Gasteiger partial charge in [0.1, 0.15) is 11.3 Å². The molecule has 0 unspecified atom stereocenters. The summed E-state index contributed by atoms with van der Waals surface area (Å²) in [6, 6.07) is 10.7. The average molecular weight is 384 g/mol. The maximum atomic E-state index is 12.2. The first-order valence-corrected chi connectivity index (χ1v) is 7.55. The fraction of sp³-hybridized carbons (Fsp3) is 0.125. The molecule has 0 aliphatic heterocycles. The molecular weight excluding hydrogens is 372 g/mol. The van der Waals surface area contributed by atoms with Gasteiger partial charge in [0.2, 0.25) is 5.78 Å². The first kappa shape index (κ1) is 16.5. The van der Waals surface area contributed by atoms with Gasteiger partial charge in [-0.05, 0) is 49.4 Å². The van der Waals surface area contributed by atoms with E-state index >= 15 is 0 Å². The summed E-state index contributed by atoms with van der Waals surface area (Å²) in [4.78, 5) is 24.2. The summed E-state index contributed by atoms with van der Waals surface area (Å²) < 4.78 is 5.74. The van der Waals surface area contributed by atoms with Gasteiger partial charge in [0, 0.05) is 15.1 Å². The van der Waals surface area contributed by atoms with E-state index in [1.54, 1.807) is 30.3 Å². The van der Waals surface area contributed by atoms with Crippen LogP contribution in [-0.4, -0.2) is 23.0 Å². The second kappa shape index (κ2) is 6.94. The van der Waals surface area contributed by atoms with Gasteiger partial charge in [0.25, 0.3) is 0 Å². The highest BCUT2D eigenvalue weighted by Gasteiger charge is 2.22. The van der Waals surface area contributed by atoms with Gasteiger partial charge in [-0.1, -0.05) is 27.5 Å². The molecule has 22 heavy (non-hydrogen) atoms.